The number of benzene rings is 3. The molecule has 0 spiro atoms. The first-order chi connectivity index (χ1) is 13.3. The molecule has 3 rings (SSSR count). The van der Waals surface area contributed by atoms with Crippen LogP contribution in [0.4, 0.5) is 0 Å². The highest BCUT2D eigenvalue weighted by Gasteiger charge is 2.18. The van der Waals surface area contributed by atoms with E-state index in [4.69, 9.17) is 14.2 Å². The third-order valence-electron chi connectivity index (χ3n) is 4.20. The van der Waals surface area contributed by atoms with Crippen molar-refractivity contribution >= 4 is 0 Å². The molecule has 3 aromatic carbocycles. The van der Waals surface area contributed by atoms with Crippen LogP contribution in [0.1, 0.15) is 22.8 Å². The van der Waals surface area contributed by atoms with E-state index in [9.17, 15) is 5.11 Å². The quantitative estimate of drug-likeness (QED) is 0.606. The van der Waals surface area contributed by atoms with Crippen LogP contribution in [-0.2, 0) is 18.0 Å². The molecule has 0 aliphatic carbocycles. The van der Waals surface area contributed by atoms with E-state index in [-0.39, 0.29) is 6.61 Å². The van der Waals surface area contributed by atoms with Gasteiger partial charge in [-0.15, -0.1) is 0 Å². The molecule has 4 heteroatoms. The Bertz CT molecular complexity index is 818. The highest BCUT2D eigenvalue weighted by Crippen LogP contribution is 2.35. The molecular weight excluding hydrogens is 340 g/mol. The van der Waals surface area contributed by atoms with Crippen molar-refractivity contribution in [3.8, 4) is 11.5 Å². The Kier molecular flexibility index (Phi) is 6.85. The summed E-state index contributed by atoms with van der Waals surface area (Å²) < 4.78 is 17.1. The first-order valence-electron chi connectivity index (χ1n) is 8.91. The number of hydrogen-bond donors (Lipinski definition) is 1. The van der Waals surface area contributed by atoms with Crippen molar-refractivity contribution < 1.29 is 19.3 Å². The van der Waals surface area contributed by atoms with Gasteiger partial charge in [0.15, 0.2) is 11.5 Å². The summed E-state index contributed by atoms with van der Waals surface area (Å²) in [6.45, 7) is 1.01. The third-order valence-corrected chi connectivity index (χ3v) is 4.20. The first-order valence-corrected chi connectivity index (χ1v) is 8.91. The number of rotatable bonds is 9. The minimum Gasteiger partial charge on any atom is -0.493 e. The number of hydrogen-bond acceptors (Lipinski definition) is 4. The lowest BCUT2D eigenvalue weighted by atomic mass is 10.1. The van der Waals surface area contributed by atoms with Gasteiger partial charge in [-0.3, -0.25) is 0 Å². The van der Waals surface area contributed by atoms with Crippen molar-refractivity contribution in [3.05, 3.63) is 95.6 Å². The molecule has 0 saturated heterocycles. The predicted octanol–water partition coefficient (Wildman–Crippen LogP) is 4.52. The Labute approximate surface area is 160 Å². The fourth-order valence-electron chi connectivity index (χ4n) is 2.79. The van der Waals surface area contributed by atoms with E-state index in [2.05, 4.69) is 0 Å². The van der Waals surface area contributed by atoms with Crippen LogP contribution in [0, 0.1) is 0 Å². The molecule has 0 radical (unpaired) electrons. The van der Waals surface area contributed by atoms with E-state index in [1.807, 2.05) is 78.9 Å². The molecule has 1 atom stereocenters. The van der Waals surface area contributed by atoms with E-state index in [0.29, 0.717) is 30.3 Å². The molecule has 0 saturated carbocycles. The lowest BCUT2D eigenvalue weighted by Crippen LogP contribution is -2.10. The van der Waals surface area contributed by atoms with Gasteiger partial charge in [0.2, 0.25) is 0 Å². The van der Waals surface area contributed by atoms with Gasteiger partial charge in [-0.25, -0.2) is 0 Å². The van der Waals surface area contributed by atoms with Crippen molar-refractivity contribution in [2.45, 2.75) is 19.3 Å². The van der Waals surface area contributed by atoms with Gasteiger partial charge >= 0.3 is 0 Å². The Balaban J connectivity index is 1.67. The third kappa shape index (κ3) is 5.33. The van der Waals surface area contributed by atoms with Gasteiger partial charge in [-0.1, -0.05) is 72.8 Å². The first kappa shape index (κ1) is 19.0. The standard InChI is InChI=1S/C23H24O4/c1-25-22-14-8-13-20(23(22)27-16-19-11-6-3-7-12-19)21(24)17-26-15-18-9-4-2-5-10-18/h2-14,21,24H,15-17H2,1H3. The Morgan fingerprint density at radius 3 is 2.04 bits per heavy atom. The topological polar surface area (TPSA) is 47.9 Å². The number of aliphatic hydroxyl groups excluding tert-OH is 1. The highest BCUT2D eigenvalue weighted by molar-refractivity contribution is 5.47. The Morgan fingerprint density at radius 2 is 1.41 bits per heavy atom. The average molecular weight is 364 g/mol. The molecule has 0 aliphatic rings. The fourth-order valence-corrected chi connectivity index (χ4v) is 2.79. The van der Waals surface area contributed by atoms with Crippen LogP contribution < -0.4 is 9.47 Å². The normalized spacial score (nSPS) is 11.8. The molecule has 27 heavy (non-hydrogen) atoms. The summed E-state index contributed by atoms with van der Waals surface area (Å²) in [6.07, 6.45) is -0.811. The average Bonchev–Trinajstić information content (AvgIpc) is 2.73. The van der Waals surface area contributed by atoms with Crippen LogP contribution in [0.15, 0.2) is 78.9 Å². The molecule has 0 aliphatic heterocycles. The molecule has 0 aromatic heterocycles. The SMILES string of the molecule is COc1cccc(C(O)COCc2ccccc2)c1OCc1ccccc1. The summed E-state index contributed by atoms with van der Waals surface area (Å²) in [6, 6.07) is 25.3. The molecule has 0 heterocycles. The number of para-hydroxylation sites is 1. The zero-order chi connectivity index (χ0) is 18.9. The molecule has 0 amide bonds. The second kappa shape index (κ2) is 9.76. The molecule has 0 fully saturated rings. The lowest BCUT2D eigenvalue weighted by Gasteiger charge is -2.19. The van der Waals surface area contributed by atoms with Gasteiger partial charge in [-0.05, 0) is 17.2 Å². The van der Waals surface area contributed by atoms with Gasteiger partial charge in [-0.2, -0.15) is 0 Å². The second-order valence-electron chi connectivity index (χ2n) is 6.17. The van der Waals surface area contributed by atoms with Crippen molar-refractivity contribution in [2.24, 2.45) is 0 Å². The number of aliphatic hydroxyl groups is 1. The smallest absolute Gasteiger partial charge is 0.167 e. The van der Waals surface area contributed by atoms with Crippen molar-refractivity contribution in [2.75, 3.05) is 13.7 Å². The summed E-state index contributed by atoms with van der Waals surface area (Å²) in [5.74, 6) is 1.13. The Hall–Kier alpha value is -2.82. The number of methoxy groups -OCH3 is 1. The molecule has 1 unspecified atom stereocenters. The minimum absolute atomic E-state index is 0.170. The van der Waals surface area contributed by atoms with E-state index < -0.39 is 6.10 Å². The number of ether oxygens (including phenoxy) is 3. The van der Waals surface area contributed by atoms with Crippen molar-refractivity contribution in [3.63, 3.8) is 0 Å². The summed E-state index contributed by atoms with van der Waals surface area (Å²) >= 11 is 0. The molecule has 3 aromatic rings. The molecule has 4 nitrogen and oxygen atoms in total. The molecule has 1 N–H and O–H groups in total. The van der Waals surface area contributed by atoms with Gasteiger partial charge in [0.25, 0.3) is 0 Å². The van der Waals surface area contributed by atoms with E-state index in [1.54, 1.807) is 7.11 Å². The van der Waals surface area contributed by atoms with Crippen LogP contribution >= 0.6 is 0 Å². The monoisotopic (exact) mass is 364 g/mol. The van der Waals surface area contributed by atoms with E-state index in [1.165, 1.54) is 0 Å². The maximum atomic E-state index is 10.6. The largest absolute Gasteiger partial charge is 0.493 e. The van der Waals surface area contributed by atoms with Crippen molar-refractivity contribution in [1.29, 1.82) is 0 Å². The molecule has 140 valence electrons. The highest BCUT2D eigenvalue weighted by atomic mass is 16.5. The van der Waals surface area contributed by atoms with Gasteiger partial charge in [0.05, 0.1) is 20.3 Å². The lowest BCUT2D eigenvalue weighted by molar-refractivity contribution is 0.0260. The van der Waals surface area contributed by atoms with E-state index in [0.717, 1.165) is 11.1 Å². The summed E-state index contributed by atoms with van der Waals surface area (Å²) in [4.78, 5) is 0. The maximum Gasteiger partial charge on any atom is 0.167 e. The minimum atomic E-state index is -0.811. The zero-order valence-corrected chi connectivity index (χ0v) is 15.4. The summed E-state index contributed by atoms with van der Waals surface area (Å²) in [7, 11) is 1.59. The molecule has 0 bridgehead atoms. The summed E-state index contributed by atoms with van der Waals surface area (Å²) in [5.41, 5.74) is 2.76. The van der Waals surface area contributed by atoms with Crippen LogP contribution in [0.25, 0.3) is 0 Å². The van der Waals surface area contributed by atoms with Crippen molar-refractivity contribution in [1.82, 2.24) is 0 Å². The fraction of sp³-hybridized carbons (Fsp3) is 0.217. The van der Waals surface area contributed by atoms with Crippen LogP contribution in [-0.4, -0.2) is 18.8 Å². The van der Waals surface area contributed by atoms with Crippen LogP contribution in [0.3, 0.4) is 0 Å². The maximum absolute atomic E-state index is 10.6. The molecular formula is C23H24O4. The predicted molar refractivity (Wildman–Crippen MR) is 105 cm³/mol. The second-order valence-corrected chi connectivity index (χ2v) is 6.17. The van der Waals surface area contributed by atoms with Gasteiger partial charge in [0.1, 0.15) is 12.7 Å². The van der Waals surface area contributed by atoms with Gasteiger partial charge in [0, 0.05) is 5.56 Å². The zero-order valence-electron chi connectivity index (χ0n) is 15.4. The Morgan fingerprint density at radius 1 is 0.778 bits per heavy atom. The van der Waals surface area contributed by atoms with Crippen LogP contribution in [0.5, 0.6) is 11.5 Å². The van der Waals surface area contributed by atoms with E-state index >= 15 is 0 Å². The summed E-state index contributed by atoms with van der Waals surface area (Å²) in [5, 5.41) is 10.6. The van der Waals surface area contributed by atoms with Crippen LogP contribution in [0.2, 0.25) is 0 Å². The van der Waals surface area contributed by atoms with Gasteiger partial charge < -0.3 is 19.3 Å².